The van der Waals surface area contributed by atoms with E-state index in [9.17, 15) is 19.5 Å². The predicted molar refractivity (Wildman–Crippen MR) is 108 cm³/mol. The zero-order chi connectivity index (χ0) is 21.4. The molecular formula is C22H22N2O5. The smallest absolute Gasteiger partial charge is 0.333 e. The van der Waals surface area contributed by atoms with Crippen molar-refractivity contribution < 1.29 is 24.2 Å². The second-order valence-electron chi connectivity index (χ2n) is 6.29. The number of hydrogen-bond acceptors (Lipinski definition) is 6. The molecule has 0 heterocycles. The van der Waals surface area contributed by atoms with Crippen LogP contribution in [0.4, 0.5) is 0 Å². The monoisotopic (exact) mass is 394 g/mol. The van der Waals surface area contributed by atoms with E-state index in [0.29, 0.717) is 11.1 Å². The molecule has 150 valence electrons. The average molecular weight is 394 g/mol. The zero-order valence-electron chi connectivity index (χ0n) is 16.1. The molecule has 2 aromatic carbocycles. The Bertz CT molecular complexity index is 920. The van der Waals surface area contributed by atoms with Gasteiger partial charge in [-0.3, -0.25) is 9.59 Å². The Morgan fingerprint density at radius 2 is 1.55 bits per heavy atom. The predicted octanol–water partition coefficient (Wildman–Crippen LogP) is 3.14. The van der Waals surface area contributed by atoms with Crippen molar-refractivity contribution in [1.29, 1.82) is 5.41 Å². The fourth-order valence-electron chi connectivity index (χ4n) is 2.71. The third kappa shape index (κ3) is 5.87. The van der Waals surface area contributed by atoms with Gasteiger partial charge in [0.25, 0.3) is 5.91 Å². The van der Waals surface area contributed by atoms with Crippen LogP contribution in [0.3, 0.4) is 0 Å². The van der Waals surface area contributed by atoms with Crippen LogP contribution in [0.2, 0.25) is 0 Å². The van der Waals surface area contributed by atoms with E-state index in [1.165, 1.54) is 13.8 Å². The van der Waals surface area contributed by atoms with Crippen LogP contribution in [-0.4, -0.2) is 35.1 Å². The molecule has 2 rings (SSSR count). The molecule has 1 unspecified atom stereocenters. The Morgan fingerprint density at radius 1 is 1.00 bits per heavy atom. The van der Waals surface area contributed by atoms with E-state index < -0.39 is 36.1 Å². The maximum atomic E-state index is 12.7. The number of allylic oxidation sites excluding steroid dienone is 1. The second-order valence-corrected chi connectivity index (χ2v) is 6.29. The standard InChI is InChI=1S/C22H22N2O5/c1-14(23)19(15(2)25)18(26)13-29-22(28)20(16-9-5-3-6-10-16)24-21(27)17-11-7-4-8-12-17/h3-12,20,23,26H,13H2,1-2H3,(H,24,27)/b19-18+,23-14?. The number of amides is 1. The number of esters is 1. The number of benzene rings is 2. The molecule has 1 atom stereocenters. The highest BCUT2D eigenvalue weighted by Gasteiger charge is 2.25. The molecule has 0 radical (unpaired) electrons. The summed E-state index contributed by atoms with van der Waals surface area (Å²) < 4.78 is 5.13. The minimum absolute atomic E-state index is 0.136. The molecule has 0 aliphatic rings. The molecule has 29 heavy (non-hydrogen) atoms. The number of nitrogens with one attached hydrogen (secondary N) is 2. The van der Waals surface area contributed by atoms with Crippen LogP contribution in [0.1, 0.15) is 35.8 Å². The Hall–Kier alpha value is -3.74. The lowest BCUT2D eigenvalue weighted by Crippen LogP contribution is -2.35. The molecule has 0 spiro atoms. The number of Topliss-reactive ketones (excluding diaryl/α,β-unsaturated/α-hetero) is 1. The molecule has 0 bridgehead atoms. The maximum Gasteiger partial charge on any atom is 0.333 e. The number of carbonyl (C=O) groups excluding carboxylic acids is 3. The molecular weight excluding hydrogens is 372 g/mol. The Morgan fingerprint density at radius 3 is 2.07 bits per heavy atom. The summed E-state index contributed by atoms with van der Waals surface area (Å²) in [6.45, 7) is 1.97. The van der Waals surface area contributed by atoms with E-state index in [4.69, 9.17) is 10.1 Å². The van der Waals surface area contributed by atoms with Crippen LogP contribution in [0.15, 0.2) is 72.0 Å². The van der Waals surface area contributed by atoms with Gasteiger partial charge in [-0.25, -0.2) is 4.79 Å². The Labute approximate surface area is 168 Å². The molecule has 0 fully saturated rings. The topological polar surface area (TPSA) is 117 Å². The molecule has 3 N–H and O–H groups in total. The third-order valence-corrected chi connectivity index (χ3v) is 4.05. The lowest BCUT2D eigenvalue weighted by Gasteiger charge is -2.18. The van der Waals surface area contributed by atoms with Gasteiger partial charge in [0.15, 0.2) is 11.8 Å². The van der Waals surface area contributed by atoms with E-state index in [1.54, 1.807) is 60.7 Å². The Balaban J connectivity index is 2.22. The van der Waals surface area contributed by atoms with Crippen molar-refractivity contribution in [3.05, 3.63) is 83.1 Å². The van der Waals surface area contributed by atoms with Crippen molar-refractivity contribution in [3.8, 4) is 0 Å². The number of ketones is 1. The van der Waals surface area contributed by atoms with Crippen LogP contribution in [0.25, 0.3) is 0 Å². The summed E-state index contributed by atoms with van der Waals surface area (Å²) in [6.07, 6.45) is 0. The van der Waals surface area contributed by atoms with E-state index in [0.717, 1.165) is 0 Å². The van der Waals surface area contributed by atoms with E-state index in [2.05, 4.69) is 5.32 Å². The van der Waals surface area contributed by atoms with Gasteiger partial charge in [-0.2, -0.15) is 0 Å². The molecule has 0 aromatic heterocycles. The molecule has 0 saturated heterocycles. The van der Waals surface area contributed by atoms with Gasteiger partial charge in [-0.15, -0.1) is 0 Å². The van der Waals surface area contributed by atoms with Gasteiger partial charge in [0.05, 0.1) is 5.57 Å². The summed E-state index contributed by atoms with van der Waals surface area (Å²) in [4.78, 5) is 36.7. The first-order valence-electron chi connectivity index (χ1n) is 8.87. The minimum atomic E-state index is -1.11. The normalized spacial score (nSPS) is 12.3. The molecule has 1 amide bonds. The highest BCUT2D eigenvalue weighted by molar-refractivity contribution is 6.19. The molecule has 0 aliphatic carbocycles. The van der Waals surface area contributed by atoms with E-state index >= 15 is 0 Å². The average Bonchev–Trinajstić information content (AvgIpc) is 2.70. The SMILES string of the molecule is CC(=N)/C(C(C)=O)=C(\O)COC(=O)C(NC(=O)c1ccccc1)c1ccccc1. The fraction of sp³-hybridized carbons (Fsp3) is 0.182. The van der Waals surface area contributed by atoms with Crippen molar-refractivity contribution in [2.75, 3.05) is 6.61 Å². The summed E-state index contributed by atoms with van der Waals surface area (Å²) in [5, 5.41) is 20.3. The van der Waals surface area contributed by atoms with Crippen LogP contribution in [0, 0.1) is 5.41 Å². The van der Waals surface area contributed by atoms with Gasteiger partial charge in [-0.05, 0) is 31.5 Å². The highest BCUT2D eigenvalue weighted by Crippen LogP contribution is 2.17. The maximum absolute atomic E-state index is 12.7. The van der Waals surface area contributed by atoms with E-state index in [-0.39, 0.29) is 11.3 Å². The molecule has 2 aromatic rings. The number of hydrogen-bond donors (Lipinski definition) is 3. The first-order chi connectivity index (χ1) is 13.8. The van der Waals surface area contributed by atoms with Gasteiger partial charge in [0.1, 0.15) is 12.4 Å². The lowest BCUT2D eigenvalue weighted by molar-refractivity contribution is -0.146. The largest absolute Gasteiger partial charge is 0.508 e. The fourth-order valence-corrected chi connectivity index (χ4v) is 2.71. The first-order valence-corrected chi connectivity index (χ1v) is 8.87. The van der Waals surface area contributed by atoms with Crippen molar-refractivity contribution in [2.24, 2.45) is 0 Å². The van der Waals surface area contributed by atoms with Crippen molar-refractivity contribution in [3.63, 3.8) is 0 Å². The van der Waals surface area contributed by atoms with Crippen LogP contribution < -0.4 is 5.32 Å². The number of carbonyl (C=O) groups is 3. The second kappa shape index (κ2) is 9.98. The zero-order valence-corrected chi connectivity index (χ0v) is 16.1. The van der Waals surface area contributed by atoms with Crippen LogP contribution in [-0.2, 0) is 14.3 Å². The van der Waals surface area contributed by atoms with Gasteiger partial charge in [0.2, 0.25) is 0 Å². The number of ether oxygens (including phenoxy) is 1. The van der Waals surface area contributed by atoms with Crippen LogP contribution >= 0.6 is 0 Å². The number of aliphatic hydroxyl groups is 1. The van der Waals surface area contributed by atoms with Gasteiger partial charge in [0, 0.05) is 11.3 Å². The molecule has 7 nitrogen and oxygen atoms in total. The summed E-state index contributed by atoms with van der Waals surface area (Å²) in [5.74, 6) is -2.30. The van der Waals surface area contributed by atoms with Crippen molar-refractivity contribution in [2.45, 2.75) is 19.9 Å². The Kier molecular flexibility index (Phi) is 7.42. The van der Waals surface area contributed by atoms with Gasteiger partial charge >= 0.3 is 5.97 Å². The lowest BCUT2D eigenvalue weighted by atomic mass is 10.1. The third-order valence-electron chi connectivity index (χ3n) is 4.05. The summed E-state index contributed by atoms with van der Waals surface area (Å²) in [5.41, 5.74) is 0.535. The molecule has 0 saturated carbocycles. The quantitative estimate of drug-likeness (QED) is 0.275. The summed E-state index contributed by atoms with van der Waals surface area (Å²) >= 11 is 0. The highest BCUT2D eigenvalue weighted by atomic mass is 16.5. The number of aliphatic hydroxyl groups excluding tert-OH is 1. The van der Waals surface area contributed by atoms with Gasteiger partial charge in [-0.1, -0.05) is 48.5 Å². The molecule has 0 aliphatic heterocycles. The molecule has 7 heteroatoms. The van der Waals surface area contributed by atoms with Gasteiger partial charge < -0.3 is 20.6 Å². The minimum Gasteiger partial charge on any atom is -0.508 e. The van der Waals surface area contributed by atoms with Crippen molar-refractivity contribution >= 4 is 23.4 Å². The summed E-state index contributed by atoms with van der Waals surface area (Å²) in [7, 11) is 0. The first kappa shape index (κ1) is 21.6. The summed E-state index contributed by atoms with van der Waals surface area (Å²) in [6, 6.07) is 15.8. The van der Waals surface area contributed by atoms with Crippen molar-refractivity contribution in [1.82, 2.24) is 5.32 Å². The number of rotatable bonds is 8. The van der Waals surface area contributed by atoms with Crippen LogP contribution in [0.5, 0.6) is 0 Å². The van der Waals surface area contributed by atoms with E-state index in [1.807, 2.05) is 0 Å².